The number of ether oxygens (including phenoxy) is 1. The van der Waals surface area contributed by atoms with Gasteiger partial charge in [0.15, 0.2) is 5.82 Å². The molecule has 0 radical (unpaired) electrons. The van der Waals surface area contributed by atoms with E-state index in [1.54, 1.807) is 27.7 Å². The minimum absolute atomic E-state index is 0.0169. The first-order chi connectivity index (χ1) is 15.6. The Hall–Kier alpha value is -3.05. The summed E-state index contributed by atoms with van der Waals surface area (Å²) >= 11 is 0. The maximum Gasteiger partial charge on any atom is 0.295 e. The lowest BCUT2D eigenvalue weighted by molar-refractivity contribution is 0.102. The van der Waals surface area contributed by atoms with Gasteiger partial charge < -0.3 is 15.0 Å². The molecule has 1 amide bonds. The predicted octanol–water partition coefficient (Wildman–Crippen LogP) is 4.57. The van der Waals surface area contributed by atoms with Crippen LogP contribution in [0.25, 0.3) is 11.0 Å². The van der Waals surface area contributed by atoms with Crippen molar-refractivity contribution < 1.29 is 26.7 Å². The minimum Gasteiger partial charge on any atom is -0.489 e. The number of fused-ring (bicyclic) bond motifs is 1. The summed E-state index contributed by atoms with van der Waals surface area (Å²) in [6.07, 6.45) is -2.99. The number of imidazole rings is 1. The summed E-state index contributed by atoms with van der Waals surface area (Å²) in [6, 6.07) is 8.60. The van der Waals surface area contributed by atoms with Gasteiger partial charge in [0.05, 0.1) is 27.7 Å². The number of nitrogens with zero attached hydrogens (tertiary/aromatic N) is 2. The third-order valence-corrected chi connectivity index (χ3v) is 6.92. The highest BCUT2D eigenvalue weighted by Gasteiger charge is 2.24. The van der Waals surface area contributed by atoms with Crippen LogP contribution >= 0.6 is 0 Å². The summed E-state index contributed by atoms with van der Waals surface area (Å²) in [5.74, 6) is -0.736. The van der Waals surface area contributed by atoms with Crippen LogP contribution in [0.5, 0.6) is 5.75 Å². The molecule has 0 fully saturated rings. The molecule has 1 heterocycles. The van der Waals surface area contributed by atoms with Crippen molar-refractivity contribution in [2.75, 3.05) is 18.4 Å². The number of rotatable bonds is 9. The van der Waals surface area contributed by atoms with E-state index in [1.165, 1.54) is 40.7 Å². The Morgan fingerprint density at radius 1 is 1.15 bits per heavy atom. The molecular formula is C22H26F2N4O4S. The fraction of sp³-hybridized carbons (Fsp3) is 0.364. The van der Waals surface area contributed by atoms with E-state index in [0.29, 0.717) is 24.4 Å². The second kappa shape index (κ2) is 9.84. The van der Waals surface area contributed by atoms with E-state index in [4.69, 9.17) is 4.74 Å². The third-order valence-electron chi connectivity index (χ3n) is 4.87. The number of carbonyl (C=O) groups excluding carboxylic acids is 1. The van der Waals surface area contributed by atoms with Crippen LogP contribution in [0.15, 0.2) is 41.3 Å². The SMILES string of the molecule is CCN(CC)S(=O)(=O)c1ccc(OC(C)C)c(NC(=O)c2ccc3nc(C(F)F)[nH]c3c2)c1. The second-order valence-electron chi connectivity index (χ2n) is 7.52. The van der Waals surface area contributed by atoms with Crippen LogP contribution in [0.3, 0.4) is 0 Å². The molecule has 0 aliphatic carbocycles. The number of H-pyrrole nitrogens is 1. The van der Waals surface area contributed by atoms with Crippen LogP contribution in [0.2, 0.25) is 0 Å². The van der Waals surface area contributed by atoms with Crippen LogP contribution < -0.4 is 10.1 Å². The third kappa shape index (κ3) is 5.31. The van der Waals surface area contributed by atoms with Crippen molar-refractivity contribution in [3.8, 4) is 5.75 Å². The van der Waals surface area contributed by atoms with E-state index in [9.17, 15) is 22.0 Å². The molecule has 8 nitrogen and oxygen atoms in total. The van der Waals surface area contributed by atoms with E-state index in [-0.39, 0.29) is 27.8 Å². The summed E-state index contributed by atoms with van der Waals surface area (Å²) in [5, 5.41) is 2.68. The molecule has 2 N–H and O–H groups in total. The lowest BCUT2D eigenvalue weighted by Gasteiger charge is -2.20. The number of aromatic amines is 1. The molecule has 0 saturated carbocycles. The molecule has 0 aliphatic rings. The minimum atomic E-state index is -3.76. The Labute approximate surface area is 191 Å². The number of halogens is 2. The van der Waals surface area contributed by atoms with Gasteiger partial charge in [0.1, 0.15) is 5.75 Å². The van der Waals surface area contributed by atoms with Crippen molar-refractivity contribution in [2.45, 2.75) is 45.1 Å². The quantitative estimate of drug-likeness (QED) is 0.467. The van der Waals surface area contributed by atoms with Crippen LogP contribution in [0, 0.1) is 0 Å². The fourth-order valence-corrected chi connectivity index (χ4v) is 4.79. The fourth-order valence-electron chi connectivity index (χ4n) is 3.30. The first kappa shape index (κ1) is 24.6. The summed E-state index contributed by atoms with van der Waals surface area (Å²) in [7, 11) is -3.76. The Bertz CT molecular complexity index is 1250. The number of aromatic nitrogens is 2. The number of amides is 1. The zero-order valence-corrected chi connectivity index (χ0v) is 19.5. The van der Waals surface area contributed by atoms with Gasteiger partial charge in [-0.2, -0.15) is 4.31 Å². The lowest BCUT2D eigenvalue weighted by atomic mass is 10.2. The highest BCUT2D eigenvalue weighted by atomic mass is 32.2. The van der Waals surface area contributed by atoms with Crippen LogP contribution in [0.4, 0.5) is 14.5 Å². The van der Waals surface area contributed by atoms with Crippen molar-refractivity contribution in [1.82, 2.24) is 14.3 Å². The summed E-state index contributed by atoms with van der Waals surface area (Å²) in [6.45, 7) is 7.69. The van der Waals surface area contributed by atoms with E-state index in [1.807, 2.05) is 0 Å². The van der Waals surface area contributed by atoms with Crippen molar-refractivity contribution in [1.29, 1.82) is 0 Å². The topological polar surface area (TPSA) is 104 Å². The normalized spacial score (nSPS) is 12.2. The number of carbonyl (C=O) groups is 1. The molecular weight excluding hydrogens is 454 g/mol. The Kier molecular flexibility index (Phi) is 7.33. The molecule has 0 atom stereocenters. The maximum absolute atomic E-state index is 12.9. The molecule has 33 heavy (non-hydrogen) atoms. The Balaban J connectivity index is 1.98. The second-order valence-corrected chi connectivity index (χ2v) is 9.46. The summed E-state index contributed by atoms with van der Waals surface area (Å²) in [4.78, 5) is 19.2. The zero-order valence-electron chi connectivity index (χ0n) is 18.7. The van der Waals surface area contributed by atoms with Crippen LogP contribution in [-0.4, -0.2) is 47.8 Å². The smallest absolute Gasteiger partial charge is 0.295 e. The Morgan fingerprint density at radius 2 is 1.85 bits per heavy atom. The molecule has 178 valence electrons. The molecule has 3 aromatic rings. The first-order valence-electron chi connectivity index (χ1n) is 10.5. The standard InChI is InChI=1S/C22H26F2N4O4S/c1-5-28(6-2)33(30,31)15-8-10-19(32-13(3)4)18(12-15)27-22(29)14-7-9-16-17(11-14)26-21(25-16)20(23)24/h7-13,20H,5-6H2,1-4H3,(H,25,26)(H,27,29). The molecule has 3 rings (SSSR count). The van der Waals surface area contributed by atoms with Crippen molar-refractivity contribution in [3.05, 3.63) is 47.8 Å². The number of hydrogen-bond acceptors (Lipinski definition) is 5. The summed E-state index contributed by atoms with van der Waals surface area (Å²) < 4.78 is 58.7. The van der Waals surface area contributed by atoms with E-state index in [2.05, 4.69) is 15.3 Å². The van der Waals surface area contributed by atoms with Gasteiger partial charge in [-0.15, -0.1) is 0 Å². The predicted molar refractivity (Wildman–Crippen MR) is 121 cm³/mol. The van der Waals surface area contributed by atoms with Crippen LogP contribution in [-0.2, 0) is 10.0 Å². The van der Waals surface area contributed by atoms with Crippen molar-refractivity contribution >= 4 is 32.7 Å². The molecule has 1 aromatic heterocycles. The average Bonchev–Trinajstić information content (AvgIpc) is 3.19. The number of anilines is 1. The van der Waals surface area contributed by atoms with Gasteiger partial charge in [-0.1, -0.05) is 13.8 Å². The van der Waals surface area contributed by atoms with Gasteiger partial charge in [0.2, 0.25) is 10.0 Å². The van der Waals surface area contributed by atoms with Gasteiger partial charge >= 0.3 is 0 Å². The zero-order chi connectivity index (χ0) is 24.3. The van der Waals surface area contributed by atoms with Crippen molar-refractivity contribution in [3.63, 3.8) is 0 Å². The maximum atomic E-state index is 12.9. The van der Waals surface area contributed by atoms with E-state index >= 15 is 0 Å². The van der Waals surface area contributed by atoms with E-state index < -0.39 is 28.2 Å². The molecule has 0 saturated heterocycles. The average molecular weight is 481 g/mol. The van der Waals surface area contributed by atoms with Crippen LogP contribution in [0.1, 0.15) is 50.3 Å². The van der Waals surface area contributed by atoms with Gasteiger partial charge in [0, 0.05) is 18.7 Å². The highest BCUT2D eigenvalue weighted by Crippen LogP contribution is 2.31. The Morgan fingerprint density at radius 3 is 2.45 bits per heavy atom. The number of alkyl halides is 2. The van der Waals surface area contributed by atoms with E-state index in [0.717, 1.165) is 0 Å². The number of benzene rings is 2. The number of nitrogens with one attached hydrogen (secondary N) is 2. The van der Waals surface area contributed by atoms with Gasteiger partial charge in [-0.05, 0) is 50.2 Å². The molecule has 11 heteroatoms. The largest absolute Gasteiger partial charge is 0.489 e. The molecule has 0 bridgehead atoms. The van der Waals surface area contributed by atoms with Crippen molar-refractivity contribution in [2.24, 2.45) is 0 Å². The highest BCUT2D eigenvalue weighted by molar-refractivity contribution is 7.89. The number of sulfonamides is 1. The molecule has 2 aromatic carbocycles. The first-order valence-corrected chi connectivity index (χ1v) is 11.9. The lowest BCUT2D eigenvalue weighted by Crippen LogP contribution is -2.30. The van der Waals surface area contributed by atoms with Gasteiger partial charge in [-0.25, -0.2) is 22.2 Å². The number of hydrogen-bond donors (Lipinski definition) is 2. The van der Waals surface area contributed by atoms with Gasteiger partial charge in [0.25, 0.3) is 12.3 Å². The van der Waals surface area contributed by atoms with Gasteiger partial charge in [-0.3, -0.25) is 4.79 Å². The molecule has 0 aliphatic heterocycles. The molecule has 0 unspecified atom stereocenters. The monoisotopic (exact) mass is 480 g/mol. The molecule has 0 spiro atoms. The summed E-state index contributed by atoms with van der Waals surface area (Å²) in [5.41, 5.74) is 0.951.